The summed E-state index contributed by atoms with van der Waals surface area (Å²) in [5.74, 6) is -0.249. The highest BCUT2D eigenvalue weighted by atomic mass is 16.2. The summed E-state index contributed by atoms with van der Waals surface area (Å²) in [4.78, 5) is 39.6. The van der Waals surface area contributed by atoms with Crippen molar-refractivity contribution in [1.29, 1.82) is 0 Å². The molecule has 1 aromatic carbocycles. The molecule has 1 atom stereocenters. The lowest BCUT2D eigenvalue weighted by Crippen LogP contribution is -2.45. The third-order valence-electron chi connectivity index (χ3n) is 5.42. The molecule has 1 saturated heterocycles. The highest BCUT2D eigenvalue weighted by Crippen LogP contribution is 2.15. The quantitative estimate of drug-likeness (QED) is 0.773. The zero-order valence-electron chi connectivity index (χ0n) is 16.1. The van der Waals surface area contributed by atoms with Crippen LogP contribution >= 0.6 is 0 Å². The average molecular weight is 372 g/mol. The van der Waals surface area contributed by atoms with Gasteiger partial charge in [0.1, 0.15) is 6.54 Å². The second-order valence-electron chi connectivity index (χ2n) is 7.16. The van der Waals surface area contributed by atoms with E-state index in [4.69, 9.17) is 0 Å². The highest BCUT2D eigenvalue weighted by Gasteiger charge is 2.18. The summed E-state index contributed by atoms with van der Waals surface area (Å²) >= 11 is 0. The highest BCUT2D eigenvalue weighted by molar-refractivity contribution is 5.80. The lowest BCUT2D eigenvalue weighted by atomic mass is 10.0. The fourth-order valence-electron chi connectivity index (χ4n) is 3.87. The van der Waals surface area contributed by atoms with Crippen molar-refractivity contribution in [2.24, 2.45) is 0 Å². The topological polar surface area (TPSA) is 76.3 Å². The average Bonchev–Trinajstić information content (AvgIpc) is 2.67. The molecule has 1 aliphatic rings. The van der Waals surface area contributed by atoms with Gasteiger partial charge in [-0.2, -0.15) is 0 Å². The number of nitrogens with zero attached hydrogens (tertiary/aromatic N) is 3. The number of carbonyl (C=O) groups is 1. The molecule has 146 valence electrons. The van der Waals surface area contributed by atoms with Crippen LogP contribution < -0.4 is 16.4 Å². The van der Waals surface area contributed by atoms with Crippen LogP contribution in [0.1, 0.15) is 33.1 Å². The zero-order chi connectivity index (χ0) is 19.4. The fraction of sp³-hybridized carbons (Fsp3) is 0.550. The van der Waals surface area contributed by atoms with Gasteiger partial charge in [0.05, 0.1) is 11.0 Å². The van der Waals surface area contributed by atoms with Crippen LogP contribution in [-0.4, -0.2) is 45.6 Å². The summed E-state index contributed by atoms with van der Waals surface area (Å²) < 4.78 is 2.73. The maximum atomic E-state index is 12.5. The first-order valence-corrected chi connectivity index (χ1v) is 9.76. The van der Waals surface area contributed by atoms with E-state index in [0.717, 1.165) is 13.1 Å². The number of rotatable bonds is 6. The number of piperidine rings is 1. The van der Waals surface area contributed by atoms with E-state index in [0.29, 0.717) is 30.2 Å². The maximum Gasteiger partial charge on any atom is 0.317 e. The van der Waals surface area contributed by atoms with Gasteiger partial charge in [-0.05, 0) is 45.4 Å². The summed E-state index contributed by atoms with van der Waals surface area (Å²) in [5, 5.41) is 2.89. The molecule has 0 spiro atoms. The second kappa shape index (κ2) is 8.52. The van der Waals surface area contributed by atoms with Crippen LogP contribution in [0.25, 0.3) is 11.0 Å². The Morgan fingerprint density at radius 2 is 1.78 bits per heavy atom. The van der Waals surface area contributed by atoms with Gasteiger partial charge in [0.15, 0.2) is 0 Å². The molecule has 2 heterocycles. The van der Waals surface area contributed by atoms with E-state index < -0.39 is 11.1 Å². The number of fused-ring (bicyclic) bond motifs is 1. The van der Waals surface area contributed by atoms with Crippen LogP contribution in [0.4, 0.5) is 0 Å². The first-order valence-electron chi connectivity index (χ1n) is 9.76. The van der Waals surface area contributed by atoms with Crippen molar-refractivity contribution in [3.8, 4) is 0 Å². The molecular formula is C20H28N4O3. The van der Waals surface area contributed by atoms with Crippen molar-refractivity contribution in [3.05, 3.63) is 45.0 Å². The SMILES string of the molecule is CCn1c(=O)c(=O)n(CC(=O)NCCN2CCCC[C@@H]2C)c2ccccc21. The predicted molar refractivity (Wildman–Crippen MR) is 106 cm³/mol. The van der Waals surface area contributed by atoms with Crippen molar-refractivity contribution in [3.63, 3.8) is 0 Å². The van der Waals surface area contributed by atoms with Crippen LogP contribution in [0.3, 0.4) is 0 Å². The molecule has 27 heavy (non-hydrogen) atoms. The molecule has 7 heteroatoms. The molecular weight excluding hydrogens is 344 g/mol. The summed E-state index contributed by atoms with van der Waals surface area (Å²) in [6, 6.07) is 7.74. The van der Waals surface area contributed by atoms with E-state index in [1.165, 1.54) is 28.4 Å². The Balaban J connectivity index is 1.73. The smallest absolute Gasteiger partial charge is 0.317 e. The number of amides is 1. The Morgan fingerprint density at radius 3 is 2.44 bits per heavy atom. The molecule has 2 aromatic rings. The van der Waals surface area contributed by atoms with Gasteiger partial charge in [-0.3, -0.25) is 23.9 Å². The minimum absolute atomic E-state index is 0.144. The molecule has 1 aliphatic heterocycles. The van der Waals surface area contributed by atoms with E-state index in [1.54, 1.807) is 18.2 Å². The minimum Gasteiger partial charge on any atom is -0.353 e. The largest absolute Gasteiger partial charge is 0.353 e. The second-order valence-corrected chi connectivity index (χ2v) is 7.16. The number of likely N-dealkylation sites (tertiary alicyclic amines) is 1. The van der Waals surface area contributed by atoms with Gasteiger partial charge in [-0.15, -0.1) is 0 Å². The van der Waals surface area contributed by atoms with Crippen LogP contribution in [0.5, 0.6) is 0 Å². The predicted octanol–water partition coefficient (Wildman–Crippen LogP) is 1.17. The molecule has 1 amide bonds. The van der Waals surface area contributed by atoms with Gasteiger partial charge >= 0.3 is 11.1 Å². The van der Waals surface area contributed by atoms with E-state index in [-0.39, 0.29) is 12.5 Å². The third-order valence-corrected chi connectivity index (χ3v) is 5.42. The van der Waals surface area contributed by atoms with Gasteiger partial charge in [-0.25, -0.2) is 0 Å². The summed E-state index contributed by atoms with van der Waals surface area (Å²) in [6.07, 6.45) is 3.67. The van der Waals surface area contributed by atoms with Crippen LogP contribution in [0.2, 0.25) is 0 Å². The number of hydrogen-bond acceptors (Lipinski definition) is 4. The molecule has 1 N–H and O–H groups in total. The van der Waals surface area contributed by atoms with Gasteiger partial charge in [0, 0.05) is 25.7 Å². The Hall–Kier alpha value is -2.41. The summed E-state index contributed by atoms with van der Waals surface area (Å²) in [7, 11) is 0. The minimum atomic E-state index is -0.657. The number of nitrogens with one attached hydrogen (secondary N) is 1. The molecule has 3 rings (SSSR count). The Kier molecular flexibility index (Phi) is 6.11. The van der Waals surface area contributed by atoms with Crippen LogP contribution in [0.15, 0.2) is 33.9 Å². The van der Waals surface area contributed by atoms with Gasteiger partial charge in [0.2, 0.25) is 5.91 Å². The lowest BCUT2D eigenvalue weighted by Gasteiger charge is -2.33. The van der Waals surface area contributed by atoms with E-state index in [2.05, 4.69) is 17.1 Å². The monoisotopic (exact) mass is 372 g/mol. The maximum absolute atomic E-state index is 12.5. The van der Waals surface area contributed by atoms with Gasteiger partial charge in [-0.1, -0.05) is 18.6 Å². The van der Waals surface area contributed by atoms with E-state index in [9.17, 15) is 14.4 Å². The lowest BCUT2D eigenvalue weighted by molar-refractivity contribution is -0.121. The molecule has 0 radical (unpaired) electrons. The van der Waals surface area contributed by atoms with Gasteiger partial charge in [0.25, 0.3) is 0 Å². The van der Waals surface area contributed by atoms with Crippen molar-refractivity contribution < 1.29 is 4.79 Å². The summed E-state index contributed by atoms with van der Waals surface area (Å²) in [5.41, 5.74) is 0.0183. The molecule has 1 aromatic heterocycles. The van der Waals surface area contributed by atoms with Crippen molar-refractivity contribution in [1.82, 2.24) is 19.4 Å². The Bertz CT molecular complexity index is 931. The number of aryl methyl sites for hydroxylation is 1. The Morgan fingerprint density at radius 1 is 1.11 bits per heavy atom. The molecule has 0 saturated carbocycles. The summed E-state index contributed by atoms with van der Waals surface area (Å²) in [6.45, 7) is 6.73. The normalized spacial score (nSPS) is 17.9. The molecule has 1 fully saturated rings. The molecule has 0 bridgehead atoms. The number of benzene rings is 1. The molecule has 0 unspecified atom stereocenters. The number of carbonyl (C=O) groups excluding carboxylic acids is 1. The first kappa shape index (κ1) is 19.4. The van der Waals surface area contributed by atoms with Crippen molar-refractivity contribution in [2.45, 2.75) is 52.2 Å². The van der Waals surface area contributed by atoms with E-state index >= 15 is 0 Å². The standard InChI is InChI=1S/C20H28N4O3/c1-3-23-16-9-4-5-10-17(16)24(20(27)19(23)26)14-18(25)21-11-13-22-12-7-6-8-15(22)2/h4-5,9-10,15H,3,6-8,11-14H2,1-2H3,(H,21,25)/t15-/m0/s1. The van der Waals surface area contributed by atoms with Crippen LogP contribution in [0, 0.1) is 0 Å². The first-order chi connectivity index (χ1) is 13.0. The molecule has 7 nitrogen and oxygen atoms in total. The van der Waals surface area contributed by atoms with Crippen LogP contribution in [-0.2, 0) is 17.9 Å². The van der Waals surface area contributed by atoms with Gasteiger partial charge < -0.3 is 9.88 Å². The Labute approximate surface area is 158 Å². The number of aromatic nitrogens is 2. The zero-order valence-corrected chi connectivity index (χ0v) is 16.1. The van der Waals surface area contributed by atoms with Crippen molar-refractivity contribution in [2.75, 3.05) is 19.6 Å². The van der Waals surface area contributed by atoms with E-state index in [1.807, 2.05) is 13.0 Å². The molecule has 0 aliphatic carbocycles. The van der Waals surface area contributed by atoms with Crippen molar-refractivity contribution >= 4 is 16.9 Å². The fourth-order valence-corrected chi connectivity index (χ4v) is 3.87. The number of hydrogen-bond donors (Lipinski definition) is 1. The third kappa shape index (κ3) is 4.13. The number of para-hydroxylation sites is 2.